The highest BCUT2D eigenvalue weighted by Crippen LogP contribution is 2.37. The van der Waals surface area contributed by atoms with E-state index in [2.05, 4.69) is 33.9 Å². The number of hydrogen-bond acceptors (Lipinski definition) is 4. The molecule has 0 aliphatic rings. The Morgan fingerprint density at radius 3 is 2.05 bits per heavy atom. The molecule has 0 saturated heterocycles. The standard InChI is InChI=1S/C15H33NO3Si/c1-11(2)9-12(16)13(17)15(6,18)10-19-20(7,8)14(3,4)5/h11-12,18H,9-10,16H2,1-8H3/t12-,15+/m0/s1. The second-order valence-electron chi connectivity index (χ2n) is 7.92. The maximum absolute atomic E-state index is 12.2. The Labute approximate surface area is 125 Å². The molecule has 0 rings (SSSR count). The van der Waals surface area contributed by atoms with Crippen LogP contribution in [0.1, 0.15) is 48.0 Å². The van der Waals surface area contributed by atoms with Crippen LogP contribution in [-0.2, 0) is 9.22 Å². The Balaban J connectivity index is 4.71. The first-order valence-electron chi connectivity index (χ1n) is 7.37. The van der Waals surface area contributed by atoms with E-state index in [0.29, 0.717) is 12.3 Å². The molecule has 4 nitrogen and oxygen atoms in total. The number of nitrogens with two attached hydrogens (primary N) is 1. The fourth-order valence-electron chi connectivity index (χ4n) is 1.62. The highest BCUT2D eigenvalue weighted by atomic mass is 28.4. The van der Waals surface area contributed by atoms with Crippen LogP contribution in [-0.4, -0.2) is 37.5 Å². The summed E-state index contributed by atoms with van der Waals surface area (Å²) in [5, 5.41) is 10.4. The summed E-state index contributed by atoms with van der Waals surface area (Å²) < 4.78 is 5.95. The maximum Gasteiger partial charge on any atom is 0.192 e. The zero-order valence-corrected chi connectivity index (χ0v) is 15.4. The molecular formula is C15H33NO3Si. The van der Waals surface area contributed by atoms with Crippen molar-refractivity contribution < 1.29 is 14.3 Å². The average molecular weight is 304 g/mol. The number of carbonyl (C=O) groups excluding carboxylic acids is 1. The third kappa shape index (κ3) is 5.64. The largest absolute Gasteiger partial charge is 0.413 e. The summed E-state index contributed by atoms with van der Waals surface area (Å²) in [5.41, 5.74) is 4.37. The van der Waals surface area contributed by atoms with E-state index in [9.17, 15) is 9.90 Å². The highest BCUT2D eigenvalue weighted by Gasteiger charge is 2.41. The molecular weight excluding hydrogens is 270 g/mol. The first-order chi connectivity index (χ1) is 8.71. The van der Waals surface area contributed by atoms with Crippen LogP contribution < -0.4 is 5.73 Å². The van der Waals surface area contributed by atoms with Gasteiger partial charge in [-0.1, -0.05) is 34.6 Å². The molecule has 0 aromatic heterocycles. The minimum atomic E-state index is -1.98. The Morgan fingerprint density at radius 2 is 1.70 bits per heavy atom. The molecule has 20 heavy (non-hydrogen) atoms. The van der Waals surface area contributed by atoms with E-state index in [-0.39, 0.29) is 17.4 Å². The topological polar surface area (TPSA) is 72.6 Å². The second-order valence-corrected chi connectivity index (χ2v) is 12.7. The van der Waals surface area contributed by atoms with Crippen molar-refractivity contribution >= 4 is 14.1 Å². The van der Waals surface area contributed by atoms with Crippen LogP contribution in [0.4, 0.5) is 0 Å². The first-order valence-corrected chi connectivity index (χ1v) is 10.3. The molecule has 120 valence electrons. The molecule has 0 amide bonds. The molecule has 0 aromatic carbocycles. The molecule has 0 fully saturated rings. The van der Waals surface area contributed by atoms with Crippen molar-refractivity contribution in [2.75, 3.05) is 6.61 Å². The zero-order chi connectivity index (χ0) is 16.4. The summed E-state index contributed by atoms with van der Waals surface area (Å²) in [6, 6.07) is -0.631. The fraction of sp³-hybridized carbons (Fsp3) is 0.933. The Kier molecular flexibility index (Phi) is 6.61. The van der Waals surface area contributed by atoms with Crippen LogP contribution in [0.15, 0.2) is 0 Å². The van der Waals surface area contributed by atoms with Crippen LogP contribution in [0.3, 0.4) is 0 Å². The summed E-state index contributed by atoms with van der Waals surface area (Å²) in [6.07, 6.45) is 0.578. The molecule has 0 unspecified atom stereocenters. The van der Waals surface area contributed by atoms with Crippen molar-refractivity contribution in [1.29, 1.82) is 0 Å². The molecule has 0 spiro atoms. The van der Waals surface area contributed by atoms with Crippen molar-refractivity contribution in [2.24, 2.45) is 11.7 Å². The van der Waals surface area contributed by atoms with Crippen LogP contribution in [0.5, 0.6) is 0 Å². The van der Waals surface area contributed by atoms with Crippen molar-refractivity contribution in [3.05, 3.63) is 0 Å². The SMILES string of the molecule is CC(C)C[C@H](N)C(=O)[C@](C)(O)CO[Si](C)(C)C(C)(C)C. The van der Waals surface area contributed by atoms with Gasteiger partial charge >= 0.3 is 0 Å². The van der Waals surface area contributed by atoms with Gasteiger partial charge in [0, 0.05) is 0 Å². The molecule has 0 aromatic rings. The van der Waals surface area contributed by atoms with Gasteiger partial charge in [0.15, 0.2) is 14.1 Å². The fourth-order valence-corrected chi connectivity index (χ4v) is 2.70. The van der Waals surface area contributed by atoms with E-state index in [1.54, 1.807) is 0 Å². The van der Waals surface area contributed by atoms with Gasteiger partial charge in [-0.25, -0.2) is 0 Å². The molecule has 0 aliphatic heterocycles. The quantitative estimate of drug-likeness (QED) is 0.709. The lowest BCUT2D eigenvalue weighted by Gasteiger charge is -2.38. The number of ketones is 1. The molecule has 2 atom stereocenters. The van der Waals surface area contributed by atoms with Gasteiger partial charge in [-0.05, 0) is 37.4 Å². The molecule has 0 radical (unpaired) electrons. The monoisotopic (exact) mass is 303 g/mol. The molecule has 0 heterocycles. The Bertz CT molecular complexity index is 333. The van der Waals surface area contributed by atoms with Gasteiger partial charge in [0.25, 0.3) is 0 Å². The minimum Gasteiger partial charge on any atom is -0.413 e. The van der Waals surface area contributed by atoms with Crippen LogP contribution in [0.25, 0.3) is 0 Å². The van der Waals surface area contributed by atoms with Gasteiger partial charge in [-0.3, -0.25) is 4.79 Å². The number of rotatable bonds is 7. The lowest BCUT2D eigenvalue weighted by molar-refractivity contribution is -0.140. The summed E-state index contributed by atoms with van der Waals surface area (Å²) in [7, 11) is -1.98. The molecule has 0 bridgehead atoms. The molecule has 0 aliphatic carbocycles. The van der Waals surface area contributed by atoms with Gasteiger partial charge in [0.2, 0.25) is 0 Å². The normalized spacial score (nSPS) is 17.9. The summed E-state index contributed by atoms with van der Waals surface area (Å²) in [4.78, 5) is 12.2. The molecule has 5 heteroatoms. The van der Waals surface area contributed by atoms with Crippen molar-refractivity contribution in [1.82, 2.24) is 0 Å². The van der Waals surface area contributed by atoms with Crippen LogP contribution in [0.2, 0.25) is 18.1 Å². The second kappa shape index (κ2) is 6.69. The van der Waals surface area contributed by atoms with E-state index in [4.69, 9.17) is 10.2 Å². The van der Waals surface area contributed by atoms with E-state index < -0.39 is 20.0 Å². The number of Topliss-reactive ketones (excluding diaryl/α,β-unsaturated/α-hetero) is 1. The smallest absolute Gasteiger partial charge is 0.192 e. The minimum absolute atomic E-state index is 0.0219. The third-order valence-corrected chi connectivity index (χ3v) is 8.59. The van der Waals surface area contributed by atoms with E-state index in [0.717, 1.165) is 0 Å². The van der Waals surface area contributed by atoms with Gasteiger partial charge in [-0.15, -0.1) is 0 Å². The van der Waals surface area contributed by atoms with Crippen molar-refractivity contribution in [2.45, 2.75) is 77.7 Å². The first kappa shape index (κ1) is 19.8. The predicted octanol–water partition coefficient (Wildman–Crippen LogP) is 2.70. The zero-order valence-electron chi connectivity index (χ0n) is 14.4. The van der Waals surface area contributed by atoms with Gasteiger partial charge in [0.1, 0.15) is 5.60 Å². The summed E-state index contributed by atoms with van der Waals surface area (Å²) >= 11 is 0. The van der Waals surface area contributed by atoms with Gasteiger partial charge in [-0.2, -0.15) is 0 Å². The Hall–Kier alpha value is -0.233. The van der Waals surface area contributed by atoms with E-state index in [1.165, 1.54) is 6.92 Å². The number of carbonyl (C=O) groups is 1. The van der Waals surface area contributed by atoms with Crippen LogP contribution >= 0.6 is 0 Å². The summed E-state index contributed by atoms with van der Waals surface area (Å²) in [5.74, 6) is -0.00373. The van der Waals surface area contributed by atoms with Gasteiger partial charge < -0.3 is 15.3 Å². The number of hydrogen-bond donors (Lipinski definition) is 2. The van der Waals surface area contributed by atoms with Crippen molar-refractivity contribution in [3.63, 3.8) is 0 Å². The van der Waals surface area contributed by atoms with Crippen molar-refractivity contribution in [3.8, 4) is 0 Å². The van der Waals surface area contributed by atoms with E-state index >= 15 is 0 Å². The average Bonchev–Trinajstić information content (AvgIpc) is 2.23. The third-order valence-electron chi connectivity index (χ3n) is 4.11. The number of aliphatic hydroxyl groups is 1. The lowest BCUT2D eigenvalue weighted by Crippen LogP contribution is -2.53. The summed E-state index contributed by atoms with van der Waals surface area (Å²) in [6.45, 7) is 16.1. The predicted molar refractivity (Wildman–Crippen MR) is 86.2 cm³/mol. The molecule has 0 saturated carbocycles. The maximum atomic E-state index is 12.2. The van der Waals surface area contributed by atoms with Crippen LogP contribution in [0, 0.1) is 5.92 Å². The molecule has 3 N–H and O–H groups in total. The van der Waals surface area contributed by atoms with Gasteiger partial charge in [0.05, 0.1) is 12.6 Å². The lowest BCUT2D eigenvalue weighted by atomic mass is 9.91. The highest BCUT2D eigenvalue weighted by molar-refractivity contribution is 6.74. The Morgan fingerprint density at radius 1 is 1.25 bits per heavy atom. The van der Waals surface area contributed by atoms with E-state index in [1.807, 2.05) is 13.8 Å².